The van der Waals surface area contributed by atoms with Crippen LogP contribution in [-0.4, -0.2) is 17.8 Å². The topological polar surface area (TPSA) is 79.6 Å². The van der Waals surface area contributed by atoms with Crippen LogP contribution in [0.3, 0.4) is 0 Å². The molecule has 2 aromatic carbocycles. The molecule has 0 radical (unpaired) electrons. The number of carbonyl (C=O) groups is 3. The fourth-order valence-corrected chi connectivity index (χ4v) is 8.33. The van der Waals surface area contributed by atoms with E-state index in [1.54, 1.807) is 12.1 Å². The lowest BCUT2D eigenvalue weighted by Crippen LogP contribution is -2.54. The van der Waals surface area contributed by atoms with Crippen LogP contribution in [0.1, 0.15) is 49.8 Å². The van der Waals surface area contributed by atoms with Crippen LogP contribution in [0.5, 0.6) is 0 Å². The van der Waals surface area contributed by atoms with Crippen LogP contribution in [0.4, 0.5) is 10.5 Å². The van der Waals surface area contributed by atoms with Crippen LogP contribution >= 0.6 is 11.8 Å². The minimum absolute atomic E-state index is 0.139. The zero-order valence-corrected chi connectivity index (χ0v) is 21.7. The Bertz CT molecular complexity index is 1420. The molecular weight excluding hydrogens is 496 g/mol. The van der Waals surface area contributed by atoms with Crippen molar-refractivity contribution in [3.63, 3.8) is 0 Å². The number of rotatable bonds is 5. The summed E-state index contributed by atoms with van der Waals surface area (Å²) in [5.41, 5.74) is 1.87. The van der Waals surface area contributed by atoms with Gasteiger partial charge in [-0.2, -0.15) is 0 Å². The summed E-state index contributed by atoms with van der Waals surface area (Å²) < 4.78 is 5.84. The van der Waals surface area contributed by atoms with Gasteiger partial charge in [0.1, 0.15) is 11.3 Å². The molecule has 0 atom stereocenters. The highest BCUT2D eigenvalue weighted by molar-refractivity contribution is 7.99. The third-order valence-corrected chi connectivity index (χ3v) is 9.66. The van der Waals surface area contributed by atoms with Crippen molar-refractivity contribution >= 4 is 41.4 Å². The number of imide groups is 2. The summed E-state index contributed by atoms with van der Waals surface area (Å²) in [5, 5.41) is 2.95. The molecule has 38 heavy (non-hydrogen) atoms. The van der Waals surface area contributed by atoms with E-state index in [0.29, 0.717) is 16.5 Å². The van der Waals surface area contributed by atoms with Crippen molar-refractivity contribution in [1.82, 2.24) is 5.32 Å². The predicted molar refractivity (Wildman–Crippen MR) is 145 cm³/mol. The average molecular weight is 525 g/mol. The summed E-state index contributed by atoms with van der Waals surface area (Å²) in [6.45, 7) is 0. The lowest BCUT2D eigenvalue weighted by molar-refractivity contribution is -0.122. The zero-order chi connectivity index (χ0) is 25.9. The fraction of sp³-hybridized carbons (Fsp3) is 0.323. The quantitative estimate of drug-likeness (QED) is 0.302. The molecule has 4 amide bonds. The molecule has 3 aromatic rings. The van der Waals surface area contributed by atoms with Crippen molar-refractivity contribution in [3.05, 3.63) is 83.6 Å². The van der Waals surface area contributed by atoms with Gasteiger partial charge in [-0.15, -0.1) is 0 Å². The summed E-state index contributed by atoms with van der Waals surface area (Å²) >= 11 is 1.45. The smallest absolute Gasteiger partial charge is 0.335 e. The first kappa shape index (κ1) is 23.5. The third kappa shape index (κ3) is 4.09. The van der Waals surface area contributed by atoms with E-state index in [2.05, 4.69) is 17.4 Å². The molecule has 4 aliphatic carbocycles. The molecule has 5 aliphatic rings. The lowest BCUT2D eigenvalue weighted by Gasteiger charge is -2.57. The Kier molecular flexibility index (Phi) is 5.58. The highest BCUT2D eigenvalue weighted by Gasteiger charge is 2.51. The molecule has 1 aromatic heterocycles. The van der Waals surface area contributed by atoms with Gasteiger partial charge in [-0.1, -0.05) is 42.1 Å². The van der Waals surface area contributed by atoms with Crippen LogP contribution < -0.4 is 10.2 Å². The number of benzene rings is 2. The number of hydrogen-bond acceptors (Lipinski definition) is 5. The number of carbonyl (C=O) groups excluding carboxylic acids is 3. The number of hydrogen-bond donors (Lipinski definition) is 1. The first-order chi connectivity index (χ1) is 18.5. The van der Waals surface area contributed by atoms with Gasteiger partial charge in [0.25, 0.3) is 11.8 Å². The van der Waals surface area contributed by atoms with E-state index in [1.165, 1.54) is 61.9 Å². The largest absolute Gasteiger partial charge is 0.450 e. The van der Waals surface area contributed by atoms with Gasteiger partial charge >= 0.3 is 6.03 Å². The Morgan fingerprint density at radius 2 is 1.50 bits per heavy atom. The molecule has 1 aliphatic heterocycles. The molecule has 6 nitrogen and oxygen atoms in total. The monoisotopic (exact) mass is 524 g/mol. The fourth-order valence-electron chi connectivity index (χ4n) is 7.53. The van der Waals surface area contributed by atoms with E-state index in [-0.39, 0.29) is 11.0 Å². The molecule has 2 heterocycles. The van der Waals surface area contributed by atoms with Gasteiger partial charge in [0.2, 0.25) is 0 Å². The van der Waals surface area contributed by atoms with Gasteiger partial charge < -0.3 is 4.42 Å². The summed E-state index contributed by atoms with van der Waals surface area (Å²) in [6.07, 6.45) is 9.28. The molecule has 1 N–H and O–H groups in total. The maximum absolute atomic E-state index is 13.4. The van der Waals surface area contributed by atoms with Crippen LogP contribution in [0.15, 0.2) is 86.7 Å². The van der Waals surface area contributed by atoms with Crippen molar-refractivity contribution in [2.45, 2.75) is 53.9 Å². The Balaban J connectivity index is 1.13. The van der Waals surface area contributed by atoms with E-state index < -0.39 is 17.8 Å². The van der Waals surface area contributed by atoms with E-state index in [1.807, 2.05) is 42.5 Å². The Morgan fingerprint density at radius 3 is 2.16 bits per heavy atom. The molecule has 1 saturated heterocycles. The van der Waals surface area contributed by atoms with Gasteiger partial charge in [0.05, 0.1) is 5.69 Å². The summed E-state index contributed by atoms with van der Waals surface area (Å²) in [6, 6.07) is 20.4. The van der Waals surface area contributed by atoms with Crippen LogP contribution in [0, 0.1) is 17.8 Å². The summed E-state index contributed by atoms with van der Waals surface area (Å²) in [4.78, 5) is 40.8. The number of nitrogens with zero attached hydrogens (tertiary/aromatic N) is 1. The van der Waals surface area contributed by atoms with Crippen molar-refractivity contribution in [2.75, 3.05) is 4.90 Å². The second-order valence-electron chi connectivity index (χ2n) is 11.3. The minimum Gasteiger partial charge on any atom is -0.450 e. The average Bonchev–Trinajstić information content (AvgIpc) is 3.33. The van der Waals surface area contributed by atoms with Gasteiger partial charge in [-0.3, -0.25) is 14.9 Å². The van der Waals surface area contributed by atoms with Gasteiger partial charge in [-0.05, 0) is 110 Å². The van der Waals surface area contributed by atoms with Crippen LogP contribution in [0.25, 0.3) is 6.08 Å². The highest BCUT2D eigenvalue weighted by Crippen LogP contribution is 2.60. The molecule has 0 spiro atoms. The van der Waals surface area contributed by atoms with E-state index >= 15 is 0 Å². The number of urea groups is 1. The predicted octanol–water partition coefficient (Wildman–Crippen LogP) is 6.57. The summed E-state index contributed by atoms with van der Waals surface area (Å²) in [7, 11) is 0. The number of barbiturate groups is 1. The third-order valence-electron chi connectivity index (χ3n) is 8.73. The normalized spacial score (nSPS) is 29.3. The molecule has 8 rings (SSSR count). The van der Waals surface area contributed by atoms with Gasteiger partial charge in [0.15, 0.2) is 5.09 Å². The first-order valence-electron chi connectivity index (χ1n) is 13.3. The highest BCUT2D eigenvalue weighted by atomic mass is 32.2. The molecular formula is C31H28N2O4S. The van der Waals surface area contributed by atoms with Gasteiger partial charge in [-0.25, -0.2) is 9.69 Å². The molecule has 5 fully saturated rings. The number of furan rings is 1. The van der Waals surface area contributed by atoms with E-state index in [4.69, 9.17) is 4.42 Å². The SMILES string of the molecule is O=C1NC(=O)N(c2ccc(C34CC5CC(CC(C5)C3)C4)cc2)C(=O)/C1=C/c1ccc(Sc2ccccc2)o1. The molecule has 7 heteroatoms. The first-order valence-corrected chi connectivity index (χ1v) is 14.1. The van der Waals surface area contributed by atoms with E-state index in [0.717, 1.165) is 27.5 Å². The second-order valence-corrected chi connectivity index (χ2v) is 12.4. The second kappa shape index (κ2) is 9.02. The summed E-state index contributed by atoms with van der Waals surface area (Å²) in [5.74, 6) is 1.49. The molecule has 0 unspecified atom stereocenters. The van der Waals surface area contributed by atoms with Crippen molar-refractivity contribution in [1.29, 1.82) is 0 Å². The maximum Gasteiger partial charge on any atom is 0.335 e. The van der Waals surface area contributed by atoms with Crippen molar-refractivity contribution in [3.8, 4) is 0 Å². The Morgan fingerprint density at radius 1 is 0.842 bits per heavy atom. The van der Waals surface area contributed by atoms with Crippen LogP contribution in [0.2, 0.25) is 0 Å². The van der Waals surface area contributed by atoms with Gasteiger partial charge in [0, 0.05) is 4.90 Å². The van der Waals surface area contributed by atoms with Crippen molar-refractivity contribution in [2.24, 2.45) is 17.8 Å². The number of amides is 4. The number of nitrogens with one attached hydrogen (secondary N) is 1. The minimum atomic E-state index is -0.737. The Labute approximate surface area is 225 Å². The standard InChI is InChI=1S/C31H28N2O4S/c34-28-26(15-24-10-11-27(37-24)38-25-4-2-1-3-5-25)29(35)33(30(36)32-28)23-8-6-22(7-9-23)31-16-19-12-20(17-31)14-21(13-19)18-31/h1-11,15,19-21H,12-14,16-18H2,(H,32,34,36)/b26-15+. The lowest BCUT2D eigenvalue weighted by atomic mass is 9.48. The van der Waals surface area contributed by atoms with Crippen LogP contribution in [-0.2, 0) is 15.0 Å². The molecule has 192 valence electrons. The number of anilines is 1. The maximum atomic E-state index is 13.4. The van der Waals surface area contributed by atoms with Crippen molar-refractivity contribution < 1.29 is 18.8 Å². The van der Waals surface area contributed by atoms with E-state index in [9.17, 15) is 14.4 Å². The Hall–Kier alpha value is -3.58. The molecule has 4 bridgehead atoms. The zero-order valence-electron chi connectivity index (χ0n) is 20.9. The molecule has 4 saturated carbocycles.